The first-order valence-corrected chi connectivity index (χ1v) is 11.0. The largest absolute Gasteiger partial charge is 0.351 e. The molecule has 0 aromatic heterocycles. The summed E-state index contributed by atoms with van der Waals surface area (Å²) in [4.78, 5) is 0. The average molecular weight is 441 g/mol. The van der Waals surface area contributed by atoms with Gasteiger partial charge in [-0.25, -0.2) is 0 Å². The van der Waals surface area contributed by atoms with Crippen LogP contribution in [0.1, 0.15) is 11.1 Å². The van der Waals surface area contributed by atoms with E-state index in [0.717, 1.165) is 11.1 Å². The Labute approximate surface area is 195 Å². The zero-order valence-corrected chi connectivity index (χ0v) is 18.6. The molecule has 4 aromatic carbocycles. The van der Waals surface area contributed by atoms with E-state index in [9.17, 15) is 0 Å². The Morgan fingerprint density at radius 2 is 0.667 bits per heavy atom. The second kappa shape index (κ2) is 12.7. The molecule has 0 saturated carbocycles. The van der Waals surface area contributed by atoms with Gasteiger partial charge in [0.15, 0.2) is 6.79 Å². The van der Waals surface area contributed by atoms with Gasteiger partial charge in [-0.2, -0.15) is 0 Å². The van der Waals surface area contributed by atoms with Crippen LogP contribution in [0.4, 0.5) is 0 Å². The minimum absolute atomic E-state index is 0.125. The van der Waals surface area contributed by atoms with Gasteiger partial charge in [-0.3, -0.25) is 0 Å². The zero-order chi connectivity index (χ0) is 22.6. The molecule has 4 heteroatoms. The van der Waals surface area contributed by atoms with Crippen molar-refractivity contribution in [1.82, 2.24) is 0 Å². The topological polar surface area (TPSA) is 36.9 Å². The lowest BCUT2D eigenvalue weighted by atomic mass is 10.0. The van der Waals surface area contributed by atoms with Crippen LogP contribution < -0.4 is 0 Å². The lowest BCUT2D eigenvalue weighted by molar-refractivity contribution is -0.174. The van der Waals surface area contributed by atoms with Crippen molar-refractivity contribution < 1.29 is 18.9 Å². The Morgan fingerprint density at radius 1 is 0.333 bits per heavy atom. The first-order chi connectivity index (χ1) is 16.4. The maximum Gasteiger partial charge on any atom is 0.152 e. The average Bonchev–Trinajstić information content (AvgIpc) is 2.89. The zero-order valence-electron chi connectivity index (χ0n) is 18.6. The van der Waals surface area contributed by atoms with Crippen molar-refractivity contribution >= 4 is 0 Å². The summed E-state index contributed by atoms with van der Waals surface area (Å²) in [6.07, 6.45) is 0. The second-order valence-electron chi connectivity index (χ2n) is 7.58. The van der Waals surface area contributed by atoms with Gasteiger partial charge in [0, 0.05) is 0 Å². The Kier molecular flexibility index (Phi) is 8.80. The quantitative estimate of drug-likeness (QED) is 0.182. The predicted molar refractivity (Wildman–Crippen MR) is 130 cm³/mol. The third kappa shape index (κ3) is 7.38. The molecule has 0 N–H and O–H groups in total. The molecule has 0 radical (unpaired) electrons. The van der Waals surface area contributed by atoms with Crippen molar-refractivity contribution in [2.24, 2.45) is 0 Å². The van der Waals surface area contributed by atoms with Gasteiger partial charge in [0.25, 0.3) is 0 Å². The molecule has 0 amide bonds. The van der Waals surface area contributed by atoms with Crippen LogP contribution in [0.5, 0.6) is 0 Å². The summed E-state index contributed by atoms with van der Waals surface area (Å²) >= 11 is 0. The molecular weight excluding hydrogens is 412 g/mol. The highest BCUT2D eigenvalue weighted by Crippen LogP contribution is 2.20. The SMILES string of the molecule is c1ccc(-c2ccc(COCOCOCOCc3ccc(-c4ccccc4)cc3)cc2)cc1. The highest BCUT2D eigenvalue weighted by Gasteiger charge is 2.00. The summed E-state index contributed by atoms with van der Waals surface area (Å²) in [5, 5.41) is 0. The van der Waals surface area contributed by atoms with Gasteiger partial charge in [-0.15, -0.1) is 0 Å². The van der Waals surface area contributed by atoms with E-state index in [1.165, 1.54) is 22.3 Å². The first kappa shape index (κ1) is 22.9. The van der Waals surface area contributed by atoms with E-state index in [0.29, 0.717) is 13.2 Å². The monoisotopic (exact) mass is 440 g/mol. The van der Waals surface area contributed by atoms with Crippen LogP contribution in [-0.2, 0) is 32.2 Å². The Bertz CT molecular complexity index is 973. The standard InChI is InChI=1S/C29H28O4/c1-3-7-26(8-4-1)28-15-11-24(12-16-28)19-30-21-32-23-33-22-31-20-25-13-17-29(18-14-25)27-9-5-2-6-10-27/h1-18H,19-23H2. The number of hydrogen-bond acceptors (Lipinski definition) is 4. The predicted octanol–water partition coefficient (Wildman–Crippen LogP) is 6.66. The molecular formula is C29H28O4. The molecule has 4 aromatic rings. The third-order valence-electron chi connectivity index (χ3n) is 5.16. The first-order valence-electron chi connectivity index (χ1n) is 11.0. The van der Waals surface area contributed by atoms with Gasteiger partial charge in [-0.05, 0) is 33.4 Å². The van der Waals surface area contributed by atoms with Crippen LogP contribution in [0.25, 0.3) is 22.3 Å². The van der Waals surface area contributed by atoms with Crippen LogP contribution in [0.15, 0.2) is 109 Å². The van der Waals surface area contributed by atoms with Gasteiger partial charge >= 0.3 is 0 Å². The van der Waals surface area contributed by atoms with Crippen molar-refractivity contribution in [2.75, 3.05) is 20.4 Å². The third-order valence-corrected chi connectivity index (χ3v) is 5.16. The molecule has 0 aliphatic heterocycles. The van der Waals surface area contributed by atoms with Gasteiger partial charge in [-0.1, -0.05) is 109 Å². The Hall–Kier alpha value is -3.28. The normalized spacial score (nSPS) is 10.9. The van der Waals surface area contributed by atoms with Crippen molar-refractivity contribution in [3.8, 4) is 22.3 Å². The fourth-order valence-corrected chi connectivity index (χ4v) is 3.41. The van der Waals surface area contributed by atoms with E-state index in [4.69, 9.17) is 18.9 Å². The van der Waals surface area contributed by atoms with E-state index in [1.807, 2.05) is 36.4 Å². The minimum atomic E-state index is 0.125. The minimum Gasteiger partial charge on any atom is -0.351 e. The fraction of sp³-hybridized carbons (Fsp3) is 0.172. The van der Waals surface area contributed by atoms with Gasteiger partial charge < -0.3 is 18.9 Å². The summed E-state index contributed by atoms with van der Waals surface area (Å²) in [5.41, 5.74) is 6.99. The molecule has 4 rings (SSSR count). The summed E-state index contributed by atoms with van der Waals surface area (Å²) in [5.74, 6) is 0. The molecule has 0 bridgehead atoms. The smallest absolute Gasteiger partial charge is 0.152 e. The van der Waals surface area contributed by atoms with E-state index in [-0.39, 0.29) is 20.4 Å². The van der Waals surface area contributed by atoms with Crippen LogP contribution in [0, 0.1) is 0 Å². The highest BCUT2D eigenvalue weighted by atomic mass is 16.8. The van der Waals surface area contributed by atoms with Crippen LogP contribution in [-0.4, -0.2) is 20.4 Å². The number of rotatable bonds is 12. The van der Waals surface area contributed by atoms with Crippen LogP contribution >= 0.6 is 0 Å². The lowest BCUT2D eigenvalue weighted by Gasteiger charge is -2.09. The van der Waals surface area contributed by atoms with Gasteiger partial charge in [0.2, 0.25) is 0 Å². The van der Waals surface area contributed by atoms with E-state index < -0.39 is 0 Å². The number of ether oxygens (including phenoxy) is 4. The second-order valence-corrected chi connectivity index (χ2v) is 7.58. The summed E-state index contributed by atoms with van der Waals surface area (Å²) in [7, 11) is 0. The van der Waals surface area contributed by atoms with E-state index in [1.54, 1.807) is 0 Å². The molecule has 0 unspecified atom stereocenters. The molecule has 0 atom stereocenters. The molecule has 0 heterocycles. The number of benzene rings is 4. The van der Waals surface area contributed by atoms with Crippen molar-refractivity contribution in [3.63, 3.8) is 0 Å². The molecule has 0 aliphatic carbocycles. The lowest BCUT2D eigenvalue weighted by Crippen LogP contribution is -2.07. The summed E-state index contributed by atoms with van der Waals surface area (Å²) in [6.45, 7) is 1.44. The highest BCUT2D eigenvalue weighted by molar-refractivity contribution is 5.64. The molecule has 4 nitrogen and oxygen atoms in total. The summed E-state index contributed by atoms with van der Waals surface area (Å²) in [6, 6.07) is 37.3. The number of hydrogen-bond donors (Lipinski definition) is 0. The molecule has 0 fully saturated rings. The molecule has 168 valence electrons. The van der Waals surface area contributed by atoms with E-state index in [2.05, 4.69) is 72.8 Å². The molecule has 0 aliphatic rings. The summed E-state index contributed by atoms with van der Waals surface area (Å²) < 4.78 is 21.8. The van der Waals surface area contributed by atoms with E-state index >= 15 is 0 Å². The Morgan fingerprint density at radius 3 is 1.06 bits per heavy atom. The van der Waals surface area contributed by atoms with Crippen LogP contribution in [0.3, 0.4) is 0 Å². The maximum atomic E-state index is 5.55. The van der Waals surface area contributed by atoms with Gasteiger partial charge in [0.05, 0.1) is 13.2 Å². The van der Waals surface area contributed by atoms with Crippen molar-refractivity contribution in [2.45, 2.75) is 13.2 Å². The maximum absolute atomic E-state index is 5.55. The van der Waals surface area contributed by atoms with Crippen LogP contribution in [0.2, 0.25) is 0 Å². The van der Waals surface area contributed by atoms with Crippen molar-refractivity contribution in [1.29, 1.82) is 0 Å². The molecule has 33 heavy (non-hydrogen) atoms. The van der Waals surface area contributed by atoms with Crippen molar-refractivity contribution in [3.05, 3.63) is 120 Å². The van der Waals surface area contributed by atoms with Gasteiger partial charge in [0.1, 0.15) is 13.6 Å². The Balaban J connectivity index is 1.05. The molecule has 0 saturated heterocycles. The fourth-order valence-electron chi connectivity index (χ4n) is 3.41. The molecule has 0 spiro atoms.